The van der Waals surface area contributed by atoms with Gasteiger partial charge in [0.1, 0.15) is 11.4 Å². The second-order valence-corrected chi connectivity index (χ2v) is 6.74. The Kier molecular flexibility index (Phi) is 5.08. The molecule has 8 nitrogen and oxygen atoms in total. The predicted octanol–water partition coefficient (Wildman–Crippen LogP) is 2.23. The van der Waals surface area contributed by atoms with Crippen molar-refractivity contribution in [2.75, 3.05) is 7.11 Å². The molecule has 0 saturated carbocycles. The fourth-order valence-electron chi connectivity index (χ4n) is 3.27. The van der Waals surface area contributed by atoms with Gasteiger partial charge in [-0.25, -0.2) is 19.0 Å². The van der Waals surface area contributed by atoms with E-state index in [0.717, 1.165) is 4.57 Å². The lowest BCUT2D eigenvalue weighted by atomic mass is 10.0. The number of aromatic amines is 1. The molecule has 2 aromatic carbocycles. The molecule has 9 heteroatoms. The van der Waals surface area contributed by atoms with Crippen molar-refractivity contribution in [1.82, 2.24) is 9.55 Å². The lowest BCUT2D eigenvalue weighted by molar-refractivity contribution is -0.132. The summed E-state index contributed by atoms with van der Waals surface area (Å²) in [4.78, 5) is 43.4. The topological polar surface area (TPSA) is 114 Å². The van der Waals surface area contributed by atoms with Crippen molar-refractivity contribution in [1.29, 1.82) is 0 Å². The van der Waals surface area contributed by atoms with Crippen LogP contribution in [0, 0.1) is 5.82 Å². The Morgan fingerprint density at radius 3 is 2.61 bits per heavy atom. The number of esters is 1. The second-order valence-electron chi connectivity index (χ2n) is 6.74. The van der Waals surface area contributed by atoms with Crippen molar-refractivity contribution in [2.45, 2.75) is 6.54 Å². The number of aromatic nitrogens is 2. The molecule has 1 aliphatic rings. The van der Waals surface area contributed by atoms with Crippen LogP contribution in [-0.4, -0.2) is 33.4 Å². The summed E-state index contributed by atoms with van der Waals surface area (Å²) < 4.78 is 18.9. The number of carbonyl (C=O) groups excluding carboxylic acids is 1. The van der Waals surface area contributed by atoms with Crippen LogP contribution in [0.3, 0.4) is 0 Å². The number of H-pyrrole nitrogens is 1. The lowest BCUT2D eigenvalue weighted by Crippen LogP contribution is -2.31. The van der Waals surface area contributed by atoms with Crippen molar-refractivity contribution >= 4 is 29.0 Å². The standard InChI is InChI=1S/C22H16FN3O5/c1-31-21(29)18-15(14-4-2-3-5-17(14)24-18)10-16-19(27)25-22(30)26(20(16)28)11-12-6-8-13(23)9-7-12/h2-10,28H,11H2,1H3,(H,25,27,30). The minimum Gasteiger partial charge on any atom is -0.494 e. The highest BCUT2D eigenvalue weighted by atomic mass is 19.1. The first kappa shape index (κ1) is 20.0. The third-order valence-corrected chi connectivity index (χ3v) is 4.81. The molecule has 0 bridgehead atoms. The Balaban J connectivity index is 1.86. The third kappa shape index (κ3) is 3.68. The van der Waals surface area contributed by atoms with Gasteiger partial charge in [0.15, 0.2) is 5.71 Å². The monoisotopic (exact) mass is 421 g/mol. The Hall–Kier alpha value is -4.27. The zero-order chi connectivity index (χ0) is 22.1. The number of methoxy groups -OCH3 is 1. The molecule has 0 fully saturated rings. The summed E-state index contributed by atoms with van der Waals surface area (Å²) >= 11 is 0. The number of rotatable bonds is 4. The number of benzene rings is 2. The van der Waals surface area contributed by atoms with E-state index in [9.17, 15) is 23.9 Å². The van der Waals surface area contributed by atoms with E-state index in [1.807, 2.05) is 0 Å². The lowest BCUT2D eigenvalue weighted by Gasteiger charge is -2.11. The van der Waals surface area contributed by atoms with E-state index >= 15 is 0 Å². The Morgan fingerprint density at radius 1 is 1.19 bits per heavy atom. The summed E-state index contributed by atoms with van der Waals surface area (Å²) in [6.07, 6.45) is 1.29. The molecule has 156 valence electrons. The number of aromatic hydroxyl groups is 1. The van der Waals surface area contributed by atoms with Gasteiger partial charge in [0.05, 0.1) is 19.3 Å². The van der Waals surface area contributed by atoms with Crippen LogP contribution in [0.1, 0.15) is 16.7 Å². The Bertz CT molecular complexity index is 1370. The van der Waals surface area contributed by atoms with Gasteiger partial charge < -0.3 is 9.84 Å². The number of hydrogen-bond donors (Lipinski definition) is 2. The maximum absolute atomic E-state index is 13.2. The molecular weight excluding hydrogens is 405 g/mol. The second kappa shape index (κ2) is 7.86. The predicted molar refractivity (Wildman–Crippen MR) is 112 cm³/mol. The van der Waals surface area contributed by atoms with Crippen molar-refractivity contribution in [3.8, 4) is 5.88 Å². The fraction of sp³-hybridized carbons (Fsp3) is 0.0909. The molecule has 1 aliphatic heterocycles. The van der Waals surface area contributed by atoms with Crippen LogP contribution in [0.2, 0.25) is 0 Å². The van der Waals surface area contributed by atoms with Crippen LogP contribution in [0.25, 0.3) is 11.6 Å². The highest BCUT2D eigenvalue weighted by Gasteiger charge is 2.28. The first-order chi connectivity index (χ1) is 14.9. The smallest absolute Gasteiger partial charge is 0.357 e. The van der Waals surface area contributed by atoms with Crippen molar-refractivity contribution in [3.63, 3.8) is 0 Å². The summed E-state index contributed by atoms with van der Waals surface area (Å²) in [5.41, 5.74) is -0.0456. The van der Waals surface area contributed by atoms with Gasteiger partial charge in [-0.15, -0.1) is 0 Å². The molecule has 0 unspecified atom stereocenters. The fourth-order valence-corrected chi connectivity index (χ4v) is 3.27. The molecule has 31 heavy (non-hydrogen) atoms. The highest BCUT2D eigenvalue weighted by Crippen LogP contribution is 2.36. The van der Waals surface area contributed by atoms with E-state index < -0.39 is 28.9 Å². The van der Waals surface area contributed by atoms with Gasteiger partial charge >= 0.3 is 11.7 Å². The van der Waals surface area contributed by atoms with E-state index in [1.54, 1.807) is 24.3 Å². The number of ether oxygens (including phenoxy) is 1. The van der Waals surface area contributed by atoms with Crippen molar-refractivity contribution < 1.29 is 19.0 Å². The summed E-state index contributed by atoms with van der Waals surface area (Å²) in [7, 11) is 1.21. The molecule has 2 N–H and O–H groups in total. The van der Waals surface area contributed by atoms with Gasteiger partial charge in [0.2, 0.25) is 5.88 Å². The largest absolute Gasteiger partial charge is 0.494 e. The van der Waals surface area contributed by atoms with Crippen LogP contribution >= 0.6 is 0 Å². The average molecular weight is 421 g/mol. The Labute approximate surface area is 174 Å². The molecule has 4 rings (SSSR count). The summed E-state index contributed by atoms with van der Waals surface area (Å²) in [6.45, 7) is -0.105. The molecule has 0 saturated heterocycles. The normalized spacial score (nSPS) is 13.7. The summed E-state index contributed by atoms with van der Waals surface area (Å²) in [5.74, 6) is -1.75. The maximum atomic E-state index is 13.2. The van der Waals surface area contributed by atoms with Crippen LogP contribution in [0.4, 0.5) is 10.1 Å². The van der Waals surface area contributed by atoms with Crippen LogP contribution < -0.4 is 11.2 Å². The molecule has 3 aromatic rings. The number of fused-ring (bicyclic) bond motifs is 1. The van der Waals surface area contributed by atoms with Gasteiger partial charge in [-0.3, -0.25) is 14.3 Å². The number of nitrogens with zero attached hydrogens (tertiary/aromatic N) is 2. The van der Waals surface area contributed by atoms with E-state index in [1.165, 1.54) is 37.5 Å². The van der Waals surface area contributed by atoms with Gasteiger partial charge in [-0.2, -0.15) is 0 Å². The molecule has 0 aliphatic carbocycles. The van der Waals surface area contributed by atoms with Crippen LogP contribution in [0.15, 0.2) is 63.1 Å². The van der Waals surface area contributed by atoms with Gasteiger partial charge in [0.25, 0.3) is 5.56 Å². The van der Waals surface area contributed by atoms with Gasteiger partial charge in [-0.05, 0) is 29.8 Å². The number of nitrogens with one attached hydrogen (secondary N) is 1. The van der Waals surface area contributed by atoms with Crippen LogP contribution in [-0.2, 0) is 16.1 Å². The number of halogens is 1. The summed E-state index contributed by atoms with van der Waals surface area (Å²) in [6, 6.07) is 12.2. The SMILES string of the molecule is COC(=O)C1=Nc2ccccc2C1=Cc1c(O)n(Cc2ccc(F)cc2)c(=O)[nH]c1=O. The van der Waals surface area contributed by atoms with Gasteiger partial charge in [0, 0.05) is 11.1 Å². The molecule has 1 aromatic heterocycles. The van der Waals surface area contributed by atoms with Crippen LogP contribution in [0.5, 0.6) is 5.88 Å². The first-order valence-electron chi connectivity index (χ1n) is 9.18. The number of hydrogen-bond acceptors (Lipinski definition) is 6. The zero-order valence-corrected chi connectivity index (χ0v) is 16.3. The molecule has 0 amide bonds. The summed E-state index contributed by atoms with van der Waals surface area (Å²) in [5, 5.41) is 10.7. The van der Waals surface area contributed by atoms with Crippen molar-refractivity contribution in [2.24, 2.45) is 4.99 Å². The highest BCUT2D eigenvalue weighted by molar-refractivity contribution is 6.58. The minimum atomic E-state index is -0.834. The van der Waals surface area contributed by atoms with E-state index in [0.29, 0.717) is 16.8 Å². The number of aliphatic imine (C=N–C) groups is 1. The Morgan fingerprint density at radius 2 is 1.90 bits per heavy atom. The molecule has 0 radical (unpaired) electrons. The molecular formula is C22H16FN3O5. The molecule has 2 heterocycles. The third-order valence-electron chi connectivity index (χ3n) is 4.81. The van der Waals surface area contributed by atoms with E-state index in [4.69, 9.17) is 4.74 Å². The quantitative estimate of drug-likeness (QED) is 0.627. The minimum absolute atomic E-state index is 0.0289. The maximum Gasteiger partial charge on any atom is 0.357 e. The van der Waals surface area contributed by atoms with E-state index in [2.05, 4.69) is 9.98 Å². The molecule has 0 atom stereocenters. The van der Waals surface area contributed by atoms with Crippen molar-refractivity contribution in [3.05, 3.63) is 91.9 Å². The molecule has 0 spiro atoms. The number of para-hydroxylation sites is 1. The zero-order valence-electron chi connectivity index (χ0n) is 16.3. The van der Waals surface area contributed by atoms with E-state index in [-0.39, 0.29) is 23.4 Å². The average Bonchev–Trinajstić information content (AvgIpc) is 3.13. The number of carbonyl (C=O) groups is 1. The first-order valence-corrected chi connectivity index (χ1v) is 9.18. The van der Waals surface area contributed by atoms with Gasteiger partial charge in [-0.1, -0.05) is 30.3 Å².